The number of rotatable bonds is 3. The zero-order valence-corrected chi connectivity index (χ0v) is 11.2. The first kappa shape index (κ1) is 12.6. The molecule has 1 saturated carbocycles. The Balaban J connectivity index is 1.96. The van der Waals surface area contributed by atoms with E-state index in [2.05, 4.69) is 18.8 Å². The van der Waals surface area contributed by atoms with E-state index in [1.807, 2.05) is 24.0 Å². The molecule has 3 nitrogen and oxygen atoms in total. The Hall–Kier alpha value is -0.830. The molecule has 0 amide bonds. The second kappa shape index (κ2) is 4.81. The predicted octanol–water partition coefficient (Wildman–Crippen LogP) is 2.54. The fourth-order valence-electron chi connectivity index (χ4n) is 3.02. The van der Waals surface area contributed by atoms with Gasteiger partial charge in [-0.2, -0.15) is 0 Å². The smallest absolute Gasteiger partial charge is 0.108 e. The minimum Gasteiger partial charge on any atom is -0.390 e. The second-order valence-corrected chi connectivity index (χ2v) is 5.84. The molecule has 0 saturated heterocycles. The Morgan fingerprint density at radius 3 is 2.88 bits per heavy atom. The normalized spacial score (nSPS) is 33.9. The lowest BCUT2D eigenvalue weighted by molar-refractivity contribution is -0.0592. The Kier molecular flexibility index (Phi) is 3.57. The van der Waals surface area contributed by atoms with Crippen LogP contribution in [0.2, 0.25) is 0 Å². The van der Waals surface area contributed by atoms with Crippen molar-refractivity contribution in [2.45, 2.75) is 51.6 Å². The zero-order valence-electron chi connectivity index (χ0n) is 11.2. The van der Waals surface area contributed by atoms with Gasteiger partial charge in [0.1, 0.15) is 5.82 Å². The monoisotopic (exact) mass is 236 g/mol. The van der Waals surface area contributed by atoms with E-state index in [0.717, 1.165) is 43.8 Å². The average molecular weight is 236 g/mol. The number of imidazole rings is 1. The van der Waals surface area contributed by atoms with Gasteiger partial charge < -0.3 is 9.67 Å². The topological polar surface area (TPSA) is 38.1 Å². The Labute approximate surface area is 104 Å². The number of aryl methyl sites for hydroxylation is 2. The third-order valence-electron chi connectivity index (χ3n) is 4.45. The number of aromatic nitrogens is 2. The highest BCUT2D eigenvalue weighted by Gasteiger charge is 2.37. The quantitative estimate of drug-likeness (QED) is 0.875. The van der Waals surface area contributed by atoms with E-state index in [4.69, 9.17) is 0 Å². The average Bonchev–Trinajstić information content (AvgIpc) is 2.68. The molecule has 1 aromatic heterocycles. The molecule has 0 spiro atoms. The summed E-state index contributed by atoms with van der Waals surface area (Å²) in [5.41, 5.74) is -0.474. The number of aliphatic hydroxyl groups is 1. The second-order valence-electron chi connectivity index (χ2n) is 5.84. The van der Waals surface area contributed by atoms with Gasteiger partial charge in [-0.3, -0.25) is 0 Å². The van der Waals surface area contributed by atoms with E-state index in [1.165, 1.54) is 0 Å². The van der Waals surface area contributed by atoms with Crippen molar-refractivity contribution in [3.63, 3.8) is 0 Å². The predicted molar refractivity (Wildman–Crippen MR) is 68.7 cm³/mol. The molecule has 1 N–H and O–H groups in total. The molecule has 0 radical (unpaired) electrons. The highest BCUT2D eigenvalue weighted by Crippen LogP contribution is 2.39. The molecule has 1 heterocycles. The zero-order chi connectivity index (χ0) is 12.5. The van der Waals surface area contributed by atoms with E-state index in [9.17, 15) is 5.11 Å². The van der Waals surface area contributed by atoms with Crippen LogP contribution in [0.3, 0.4) is 0 Å². The van der Waals surface area contributed by atoms with E-state index in [-0.39, 0.29) is 0 Å². The molecule has 3 atom stereocenters. The lowest BCUT2D eigenvalue weighted by Crippen LogP contribution is -2.41. The van der Waals surface area contributed by atoms with E-state index in [1.54, 1.807) is 0 Å². The maximum absolute atomic E-state index is 10.7. The van der Waals surface area contributed by atoms with Gasteiger partial charge in [0.2, 0.25) is 0 Å². The lowest BCUT2D eigenvalue weighted by Gasteiger charge is -2.40. The van der Waals surface area contributed by atoms with Crippen molar-refractivity contribution in [2.75, 3.05) is 0 Å². The Morgan fingerprint density at radius 2 is 2.29 bits per heavy atom. The SMILES string of the molecule is CC1CCC(O)(CCc2nccn2C)C(C)C1. The number of hydrogen-bond donors (Lipinski definition) is 1. The Bertz CT molecular complexity index is 374. The molecule has 0 aromatic carbocycles. The van der Waals surface area contributed by atoms with Gasteiger partial charge in [0.05, 0.1) is 5.60 Å². The maximum atomic E-state index is 10.7. The minimum absolute atomic E-state index is 0.409. The number of nitrogens with zero attached hydrogens (tertiary/aromatic N) is 2. The van der Waals surface area contributed by atoms with Crippen molar-refractivity contribution in [2.24, 2.45) is 18.9 Å². The van der Waals surface area contributed by atoms with E-state index < -0.39 is 5.60 Å². The molecule has 1 aliphatic rings. The van der Waals surface area contributed by atoms with Crippen LogP contribution in [0.5, 0.6) is 0 Å². The molecule has 1 fully saturated rings. The summed E-state index contributed by atoms with van der Waals surface area (Å²) in [5, 5.41) is 10.7. The molecular formula is C14H24N2O. The van der Waals surface area contributed by atoms with Gasteiger partial charge in [-0.05, 0) is 37.5 Å². The van der Waals surface area contributed by atoms with Crippen molar-refractivity contribution >= 4 is 0 Å². The van der Waals surface area contributed by atoms with Crippen LogP contribution in [0.15, 0.2) is 12.4 Å². The summed E-state index contributed by atoms with van der Waals surface area (Å²) in [5.74, 6) is 2.24. The van der Waals surface area contributed by atoms with Crippen LogP contribution in [-0.4, -0.2) is 20.3 Å². The molecule has 96 valence electrons. The van der Waals surface area contributed by atoms with Gasteiger partial charge in [-0.25, -0.2) is 4.98 Å². The molecule has 3 unspecified atom stereocenters. The standard InChI is InChI=1S/C14H24N2O/c1-11-4-6-14(17,12(2)10-11)7-5-13-15-8-9-16(13)3/h8-9,11-12,17H,4-7,10H2,1-3H3. The first-order valence-corrected chi connectivity index (χ1v) is 6.70. The maximum Gasteiger partial charge on any atom is 0.108 e. The van der Waals surface area contributed by atoms with Crippen LogP contribution < -0.4 is 0 Å². The summed E-state index contributed by atoms with van der Waals surface area (Å²) in [6, 6.07) is 0. The van der Waals surface area contributed by atoms with Crippen LogP contribution in [0.1, 0.15) is 45.4 Å². The molecule has 1 aromatic rings. The summed E-state index contributed by atoms with van der Waals surface area (Å²) in [6.45, 7) is 4.48. The molecule has 3 heteroatoms. The first-order chi connectivity index (χ1) is 8.01. The van der Waals surface area contributed by atoms with Gasteiger partial charge >= 0.3 is 0 Å². The van der Waals surface area contributed by atoms with Gasteiger partial charge in [-0.15, -0.1) is 0 Å². The Morgan fingerprint density at radius 1 is 1.53 bits per heavy atom. The summed E-state index contributed by atoms with van der Waals surface area (Å²) < 4.78 is 2.04. The summed E-state index contributed by atoms with van der Waals surface area (Å²) in [4.78, 5) is 4.32. The van der Waals surface area contributed by atoms with Crippen molar-refractivity contribution in [3.05, 3.63) is 18.2 Å². The van der Waals surface area contributed by atoms with Crippen molar-refractivity contribution in [1.29, 1.82) is 0 Å². The first-order valence-electron chi connectivity index (χ1n) is 6.70. The minimum atomic E-state index is -0.474. The molecule has 0 bridgehead atoms. The van der Waals surface area contributed by atoms with E-state index in [0.29, 0.717) is 5.92 Å². The highest BCUT2D eigenvalue weighted by atomic mass is 16.3. The highest BCUT2D eigenvalue weighted by molar-refractivity contribution is 4.96. The van der Waals surface area contributed by atoms with Gasteiger partial charge in [0, 0.05) is 25.9 Å². The van der Waals surface area contributed by atoms with Crippen LogP contribution in [-0.2, 0) is 13.5 Å². The fourth-order valence-corrected chi connectivity index (χ4v) is 3.02. The molecule has 17 heavy (non-hydrogen) atoms. The molecule has 1 aliphatic carbocycles. The largest absolute Gasteiger partial charge is 0.390 e. The van der Waals surface area contributed by atoms with Crippen LogP contribution in [0.4, 0.5) is 0 Å². The summed E-state index contributed by atoms with van der Waals surface area (Å²) >= 11 is 0. The fraction of sp³-hybridized carbons (Fsp3) is 0.786. The van der Waals surface area contributed by atoms with Gasteiger partial charge in [0.25, 0.3) is 0 Å². The molecule has 2 rings (SSSR count). The molecular weight excluding hydrogens is 212 g/mol. The summed E-state index contributed by atoms with van der Waals surface area (Å²) in [6.07, 6.45) is 8.75. The van der Waals surface area contributed by atoms with Crippen molar-refractivity contribution < 1.29 is 5.11 Å². The van der Waals surface area contributed by atoms with Crippen molar-refractivity contribution in [3.8, 4) is 0 Å². The van der Waals surface area contributed by atoms with E-state index >= 15 is 0 Å². The van der Waals surface area contributed by atoms with Crippen LogP contribution in [0.25, 0.3) is 0 Å². The third kappa shape index (κ3) is 2.71. The van der Waals surface area contributed by atoms with Crippen LogP contribution in [0, 0.1) is 11.8 Å². The molecule has 0 aliphatic heterocycles. The van der Waals surface area contributed by atoms with Gasteiger partial charge in [0.15, 0.2) is 0 Å². The van der Waals surface area contributed by atoms with Gasteiger partial charge in [-0.1, -0.05) is 13.8 Å². The summed E-state index contributed by atoms with van der Waals surface area (Å²) in [7, 11) is 2.01. The number of hydrogen-bond acceptors (Lipinski definition) is 2. The third-order valence-corrected chi connectivity index (χ3v) is 4.45. The van der Waals surface area contributed by atoms with Crippen molar-refractivity contribution in [1.82, 2.24) is 9.55 Å². The van der Waals surface area contributed by atoms with Crippen LogP contribution >= 0.6 is 0 Å². The lowest BCUT2D eigenvalue weighted by atomic mass is 9.70.